The summed E-state index contributed by atoms with van der Waals surface area (Å²) < 4.78 is 0. The van der Waals surface area contributed by atoms with Crippen LogP contribution in [0.2, 0.25) is 0 Å². The summed E-state index contributed by atoms with van der Waals surface area (Å²) in [5.41, 5.74) is 7.21. The highest BCUT2D eigenvalue weighted by molar-refractivity contribution is 5.85. The Hall–Kier alpha value is -1.40. The SMILES string of the molecule is CCCCCCc1nc(N)c2[nH]cnc2n1.Cl.N. The number of nitrogens with zero attached hydrogens (tertiary/aromatic N) is 3. The fraction of sp³-hybridized carbons (Fsp3) is 0.545. The van der Waals surface area contributed by atoms with Crippen molar-refractivity contribution in [1.82, 2.24) is 26.1 Å². The lowest BCUT2D eigenvalue weighted by molar-refractivity contribution is 0.654. The van der Waals surface area contributed by atoms with E-state index >= 15 is 0 Å². The van der Waals surface area contributed by atoms with Gasteiger partial charge in [0.25, 0.3) is 0 Å². The molecule has 0 atom stereocenters. The maximum Gasteiger partial charge on any atom is 0.183 e. The van der Waals surface area contributed by atoms with Crippen LogP contribution in [-0.4, -0.2) is 19.9 Å². The van der Waals surface area contributed by atoms with Crippen molar-refractivity contribution in [3.8, 4) is 0 Å². The normalized spacial score (nSPS) is 9.83. The fourth-order valence-electron chi connectivity index (χ4n) is 1.72. The van der Waals surface area contributed by atoms with E-state index in [2.05, 4.69) is 26.9 Å². The molecule has 6 N–H and O–H groups in total. The van der Waals surface area contributed by atoms with Gasteiger partial charge in [-0.25, -0.2) is 15.0 Å². The van der Waals surface area contributed by atoms with Crippen LogP contribution in [0, 0.1) is 0 Å². The average Bonchev–Trinajstić information content (AvgIpc) is 2.73. The van der Waals surface area contributed by atoms with Crippen molar-refractivity contribution in [1.29, 1.82) is 0 Å². The van der Waals surface area contributed by atoms with E-state index in [1.54, 1.807) is 6.33 Å². The highest BCUT2D eigenvalue weighted by Crippen LogP contribution is 2.14. The van der Waals surface area contributed by atoms with Crippen LogP contribution in [0.4, 0.5) is 5.82 Å². The lowest BCUT2D eigenvalue weighted by Crippen LogP contribution is -2.01. The van der Waals surface area contributed by atoms with E-state index in [0.717, 1.165) is 24.2 Å². The summed E-state index contributed by atoms with van der Waals surface area (Å²) in [4.78, 5) is 15.7. The molecule has 0 unspecified atom stereocenters. The van der Waals surface area contributed by atoms with Crippen molar-refractivity contribution in [3.05, 3.63) is 12.2 Å². The Morgan fingerprint density at radius 3 is 2.72 bits per heavy atom. The number of aromatic amines is 1. The molecule has 2 heterocycles. The van der Waals surface area contributed by atoms with Crippen molar-refractivity contribution < 1.29 is 0 Å². The van der Waals surface area contributed by atoms with Gasteiger partial charge in [0.2, 0.25) is 0 Å². The Labute approximate surface area is 113 Å². The van der Waals surface area contributed by atoms with Crippen LogP contribution in [0.1, 0.15) is 38.4 Å². The Morgan fingerprint density at radius 1 is 1.22 bits per heavy atom. The molecule has 0 fully saturated rings. The molecule has 0 aliphatic carbocycles. The monoisotopic (exact) mass is 272 g/mol. The first-order chi connectivity index (χ1) is 7.81. The molecule has 2 aromatic rings. The van der Waals surface area contributed by atoms with E-state index in [4.69, 9.17) is 5.73 Å². The number of halogens is 1. The molecule has 0 amide bonds. The van der Waals surface area contributed by atoms with Gasteiger partial charge in [-0.2, -0.15) is 0 Å². The molecule has 2 rings (SSSR count). The number of nitrogens with one attached hydrogen (secondary N) is 1. The van der Waals surface area contributed by atoms with Crippen LogP contribution in [0.25, 0.3) is 11.2 Å². The van der Waals surface area contributed by atoms with Crippen LogP contribution < -0.4 is 11.9 Å². The van der Waals surface area contributed by atoms with Gasteiger partial charge in [0, 0.05) is 6.42 Å². The van der Waals surface area contributed by atoms with Crippen molar-refractivity contribution in [3.63, 3.8) is 0 Å². The van der Waals surface area contributed by atoms with Crippen LogP contribution in [0.15, 0.2) is 6.33 Å². The molecule has 7 heteroatoms. The average molecular weight is 273 g/mol. The molecule has 0 aliphatic rings. The zero-order valence-corrected chi connectivity index (χ0v) is 11.5. The van der Waals surface area contributed by atoms with Crippen molar-refractivity contribution in [2.24, 2.45) is 0 Å². The number of nitrogens with two attached hydrogens (primary N) is 1. The van der Waals surface area contributed by atoms with E-state index in [1.165, 1.54) is 19.3 Å². The minimum atomic E-state index is 0. The standard InChI is InChI=1S/C11H17N5.ClH.H3N/c1-2-3-4-5-6-8-15-10(12)9-11(16-8)14-7-13-9;;/h7H,2-6H2,1H3,(H3,12,13,14,15,16);1H;1H3. The minimum absolute atomic E-state index is 0. The quantitative estimate of drug-likeness (QED) is 0.724. The van der Waals surface area contributed by atoms with Crippen molar-refractivity contribution >= 4 is 29.4 Å². The highest BCUT2D eigenvalue weighted by atomic mass is 35.5. The molecule has 6 nitrogen and oxygen atoms in total. The Balaban J connectivity index is 0.00000144. The van der Waals surface area contributed by atoms with Crippen LogP contribution >= 0.6 is 12.4 Å². The Morgan fingerprint density at radius 2 is 2.00 bits per heavy atom. The Bertz CT molecular complexity index is 470. The van der Waals surface area contributed by atoms with Crippen molar-refractivity contribution in [2.45, 2.75) is 39.0 Å². The number of H-pyrrole nitrogens is 1. The van der Waals surface area contributed by atoms with Crippen LogP contribution in [0.5, 0.6) is 0 Å². The summed E-state index contributed by atoms with van der Waals surface area (Å²) in [6, 6.07) is 0. The third-order valence-electron chi connectivity index (χ3n) is 2.61. The number of hydrogen-bond acceptors (Lipinski definition) is 5. The lowest BCUT2D eigenvalue weighted by atomic mass is 10.1. The first-order valence-corrected chi connectivity index (χ1v) is 5.76. The zero-order chi connectivity index (χ0) is 11.4. The molecule has 0 radical (unpaired) electrons. The molecule has 18 heavy (non-hydrogen) atoms. The summed E-state index contributed by atoms with van der Waals surface area (Å²) in [5.74, 6) is 1.29. The van der Waals surface area contributed by atoms with E-state index in [9.17, 15) is 0 Å². The molecular weight excluding hydrogens is 252 g/mol. The van der Waals surface area contributed by atoms with Gasteiger partial charge in [-0.05, 0) is 6.42 Å². The van der Waals surface area contributed by atoms with E-state index in [1.807, 2.05) is 0 Å². The first-order valence-electron chi connectivity index (χ1n) is 5.76. The van der Waals surface area contributed by atoms with Gasteiger partial charge >= 0.3 is 0 Å². The van der Waals surface area contributed by atoms with Crippen LogP contribution in [-0.2, 0) is 6.42 Å². The zero-order valence-electron chi connectivity index (χ0n) is 10.6. The van der Waals surface area contributed by atoms with Gasteiger partial charge in [-0.1, -0.05) is 26.2 Å². The molecule has 0 saturated heterocycles. The number of anilines is 1. The van der Waals surface area contributed by atoms with E-state index < -0.39 is 0 Å². The molecule has 0 aromatic carbocycles. The maximum atomic E-state index is 5.81. The summed E-state index contributed by atoms with van der Waals surface area (Å²) in [6.45, 7) is 2.20. The minimum Gasteiger partial charge on any atom is -0.382 e. The van der Waals surface area contributed by atoms with Gasteiger partial charge in [-0.15, -0.1) is 12.4 Å². The van der Waals surface area contributed by atoms with Crippen LogP contribution in [0.3, 0.4) is 0 Å². The molecule has 0 aliphatic heterocycles. The molecule has 2 aromatic heterocycles. The number of unbranched alkanes of at least 4 members (excludes halogenated alkanes) is 3. The maximum absolute atomic E-state index is 5.81. The third-order valence-corrected chi connectivity index (χ3v) is 2.61. The third kappa shape index (κ3) is 3.82. The van der Waals surface area contributed by atoms with E-state index in [0.29, 0.717) is 11.5 Å². The molecule has 102 valence electrons. The Kier molecular flexibility index (Phi) is 7.23. The van der Waals surface area contributed by atoms with Gasteiger partial charge in [0.05, 0.1) is 6.33 Å². The molecule has 0 spiro atoms. The highest BCUT2D eigenvalue weighted by Gasteiger charge is 2.06. The molecule has 0 bridgehead atoms. The van der Waals surface area contributed by atoms with Gasteiger partial charge in [-0.3, -0.25) is 0 Å². The predicted octanol–water partition coefficient (Wildman–Crippen LogP) is 2.64. The second-order valence-corrected chi connectivity index (χ2v) is 3.94. The summed E-state index contributed by atoms with van der Waals surface area (Å²) in [7, 11) is 0. The van der Waals surface area contributed by atoms with Gasteiger partial charge in [0.15, 0.2) is 11.5 Å². The summed E-state index contributed by atoms with van der Waals surface area (Å²) in [6.07, 6.45) is 7.31. The summed E-state index contributed by atoms with van der Waals surface area (Å²) in [5, 5.41) is 0. The van der Waals surface area contributed by atoms with Gasteiger partial charge < -0.3 is 16.9 Å². The largest absolute Gasteiger partial charge is 0.382 e. The second-order valence-electron chi connectivity index (χ2n) is 3.94. The summed E-state index contributed by atoms with van der Waals surface area (Å²) >= 11 is 0. The van der Waals surface area contributed by atoms with Crippen molar-refractivity contribution in [2.75, 3.05) is 5.73 Å². The number of nitrogen functional groups attached to an aromatic ring is 1. The number of imidazole rings is 1. The topological polar surface area (TPSA) is 115 Å². The number of rotatable bonds is 5. The number of aromatic nitrogens is 4. The lowest BCUT2D eigenvalue weighted by Gasteiger charge is -2.01. The molecular formula is C11H21ClN6. The first kappa shape index (κ1) is 16.6. The molecule has 0 saturated carbocycles. The number of aryl methyl sites for hydroxylation is 1. The second kappa shape index (κ2) is 7.84. The number of hydrogen-bond donors (Lipinski definition) is 3. The fourth-order valence-corrected chi connectivity index (χ4v) is 1.72. The van der Waals surface area contributed by atoms with Gasteiger partial charge in [0.1, 0.15) is 11.3 Å². The van der Waals surface area contributed by atoms with E-state index in [-0.39, 0.29) is 18.6 Å². The predicted molar refractivity (Wildman–Crippen MR) is 76.2 cm³/mol. The smallest absolute Gasteiger partial charge is 0.183 e. The number of fused-ring (bicyclic) bond motifs is 1.